The summed E-state index contributed by atoms with van der Waals surface area (Å²) < 4.78 is 37.9. The standard InChI is InChI=1S/C18H22F2N2O3/c19-18(20)9-13(10-18)16(23)22-7-4-14-17(11-22,5-8-24-14)12-25-15-3-1-2-6-21-15/h1-3,6,13-14H,4-5,7-12H2/t14-,17+/m0/s1. The predicted octanol–water partition coefficient (Wildman–Crippen LogP) is 2.51. The van der Waals surface area contributed by atoms with Gasteiger partial charge in [0, 0.05) is 50.7 Å². The van der Waals surface area contributed by atoms with Crippen LogP contribution in [-0.2, 0) is 9.53 Å². The van der Waals surface area contributed by atoms with E-state index in [2.05, 4.69) is 4.98 Å². The summed E-state index contributed by atoms with van der Waals surface area (Å²) in [5.74, 6) is -2.81. The smallest absolute Gasteiger partial charge is 0.249 e. The lowest BCUT2D eigenvalue weighted by molar-refractivity contribution is -0.165. The van der Waals surface area contributed by atoms with Gasteiger partial charge in [-0.25, -0.2) is 13.8 Å². The van der Waals surface area contributed by atoms with E-state index in [-0.39, 0.29) is 30.3 Å². The second-order valence-corrected chi connectivity index (χ2v) is 7.44. The maximum atomic E-state index is 13.1. The van der Waals surface area contributed by atoms with Gasteiger partial charge in [0.15, 0.2) is 0 Å². The van der Waals surface area contributed by atoms with E-state index in [9.17, 15) is 13.6 Å². The highest BCUT2D eigenvalue weighted by Gasteiger charge is 2.53. The SMILES string of the molecule is O=C(C1CC(F)(F)C1)N1CC[C@@H]2OCC[C@]2(COc2ccccn2)C1. The second kappa shape index (κ2) is 6.20. The van der Waals surface area contributed by atoms with Crippen LogP contribution in [0, 0.1) is 11.3 Å². The Hall–Kier alpha value is -1.76. The minimum absolute atomic E-state index is 0.0445. The highest BCUT2D eigenvalue weighted by molar-refractivity contribution is 5.80. The number of likely N-dealkylation sites (tertiary alicyclic amines) is 1. The molecule has 3 aliphatic rings. The normalized spacial score (nSPS) is 31.3. The maximum absolute atomic E-state index is 13.1. The van der Waals surface area contributed by atoms with E-state index in [1.165, 1.54) is 0 Å². The Bertz CT molecular complexity index is 634. The third-order valence-electron chi connectivity index (χ3n) is 5.67. The number of alkyl halides is 2. The molecule has 3 heterocycles. The fourth-order valence-electron chi connectivity index (χ4n) is 4.19. The van der Waals surface area contributed by atoms with Gasteiger partial charge < -0.3 is 14.4 Å². The highest BCUT2D eigenvalue weighted by atomic mass is 19.3. The van der Waals surface area contributed by atoms with E-state index in [1.807, 2.05) is 12.1 Å². The van der Waals surface area contributed by atoms with Gasteiger partial charge >= 0.3 is 0 Å². The molecule has 0 unspecified atom stereocenters. The molecule has 0 radical (unpaired) electrons. The molecule has 1 amide bonds. The summed E-state index contributed by atoms with van der Waals surface area (Å²) in [6.45, 7) is 2.13. The molecule has 0 bridgehead atoms. The molecule has 25 heavy (non-hydrogen) atoms. The lowest BCUT2D eigenvalue weighted by atomic mass is 9.75. The van der Waals surface area contributed by atoms with Crippen LogP contribution in [0.5, 0.6) is 5.88 Å². The Kier molecular flexibility index (Phi) is 4.14. The van der Waals surface area contributed by atoms with Crippen molar-refractivity contribution in [3.63, 3.8) is 0 Å². The van der Waals surface area contributed by atoms with Crippen LogP contribution in [0.25, 0.3) is 0 Å². The van der Waals surface area contributed by atoms with E-state index < -0.39 is 11.8 Å². The fourth-order valence-corrected chi connectivity index (χ4v) is 4.19. The Morgan fingerprint density at radius 3 is 2.96 bits per heavy atom. The molecule has 0 N–H and O–H groups in total. The summed E-state index contributed by atoms with van der Waals surface area (Å²) >= 11 is 0. The van der Waals surface area contributed by atoms with Crippen molar-refractivity contribution in [3.05, 3.63) is 24.4 Å². The summed E-state index contributed by atoms with van der Waals surface area (Å²) in [7, 11) is 0. The third kappa shape index (κ3) is 3.21. The molecule has 2 atom stereocenters. The number of hydrogen-bond donors (Lipinski definition) is 0. The second-order valence-electron chi connectivity index (χ2n) is 7.44. The zero-order valence-electron chi connectivity index (χ0n) is 14.0. The number of nitrogens with zero attached hydrogens (tertiary/aromatic N) is 2. The number of halogens is 2. The first-order chi connectivity index (χ1) is 12.0. The van der Waals surface area contributed by atoms with Crippen LogP contribution in [0.1, 0.15) is 25.7 Å². The van der Waals surface area contributed by atoms with Gasteiger partial charge in [-0.05, 0) is 18.9 Å². The van der Waals surface area contributed by atoms with Crippen molar-refractivity contribution < 1.29 is 23.0 Å². The zero-order chi connectivity index (χ0) is 17.5. The van der Waals surface area contributed by atoms with Gasteiger partial charge in [0.05, 0.1) is 18.1 Å². The maximum Gasteiger partial charge on any atom is 0.249 e. The zero-order valence-corrected chi connectivity index (χ0v) is 14.0. The van der Waals surface area contributed by atoms with Crippen LogP contribution in [0.4, 0.5) is 8.78 Å². The van der Waals surface area contributed by atoms with Crippen LogP contribution in [0.15, 0.2) is 24.4 Å². The highest BCUT2D eigenvalue weighted by Crippen LogP contribution is 2.46. The first kappa shape index (κ1) is 16.7. The van der Waals surface area contributed by atoms with Crippen molar-refractivity contribution in [2.45, 2.75) is 37.7 Å². The molecule has 1 aromatic rings. The van der Waals surface area contributed by atoms with E-state index >= 15 is 0 Å². The molecule has 136 valence electrons. The first-order valence-electron chi connectivity index (χ1n) is 8.80. The fraction of sp³-hybridized carbons (Fsp3) is 0.667. The minimum atomic E-state index is -2.67. The number of carbonyl (C=O) groups is 1. The number of aromatic nitrogens is 1. The van der Waals surface area contributed by atoms with E-state index in [0.717, 1.165) is 12.8 Å². The van der Waals surface area contributed by atoms with Crippen molar-refractivity contribution in [1.29, 1.82) is 0 Å². The first-order valence-corrected chi connectivity index (χ1v) is 8.80. The largest absolute Gasteiger partial charge is 0.477 e. The Labute approximate surface area is 145 Å². The number of pyridine rings is 1. The van der Waals surface area contributed by atoms with Crippen LogP contribution < -0.4 is 4.74 Å². The predicted molar refractivity (Wildman–Crippen MR) is 85.4 cm³/mol. The quantitative estimate of drug-likeness (QED) is 0.836. The minimum Gasteiger partial charge on any atom is -0.477 e. The number of ether oxygens (including phenoxy) is 2. The van der Waals surface area contributed by atoms with Gasteiger partial charge in [-0.3, -0.25) is 4.79 Å². The van der Waals surface area contributed by atoms with E-state index in [4.69, 9.17) is 9.47 Å². The number of carbonyl (C=O) groups excluding carboxylic acids is 1. The number of fused-ring (bicyclic) bond motifs is 1. The number of piperidine rings is 1. The van der Waals surface area contributed by atoms with Crippen LogP contribution in [-0.4, -0.2) is 54.1 Å². The summed E-state index contributed by atoms with van der Waals surface area (Å²) in [4.78, 5) is 18.5. The molecule has 4 rings (SSSR count). The molecule has 0 spiro atoms. The average Bonchev–Trinajstić information content (AvgIpc) is 3.01. The van der Waals surface area contributed by atoms with Crippen molar-refractivity contribution in [2.24, 2.45) is 11.3 Å². The Morgan fingerprint density at radius 2 is 2.24 bits per heavy atom. The van der Waals surface area contributed by atoms with Gasteiger partial charge in [0.2, 0.25) is 17.7 Å². The molecule has 1 aromatic heterocycles. The average molecular weight is 352 g/mol. The van der Waals surface area contributed by atoms with Gasteiger partial charge in [-0.2, -0.15) is 0 Å². The number of hydrogen-bond acceptors (Lipinski definition) is 4. The molecular weight excluding hydrogens is 330 g/mol. The molecule has 0 aromatic carbocycles. The summed E-state index contributed by atoms with van der Waals surface area (Å²) in [6, 6.07) is 5.47. The van der Waals surface area contributed by atoms with Crippen LogP contribution in [0.2, 0.25) is 0 Å². The number of amides is 1. The van der Waals surface area contributed by atoms with Gasteiger partial charge in [-0.1, -0.05) is 6.07 Å². The summed E-state index contributed by atoms with van der Waals surface area (Å²) in [5, 5.41) is 0. The van der Waals surface area contributed by atoms with Crippen molar-refractivity contribution >= 4 is 5.91 Å². The Balaban J connectivity index is 1.43. The topological polar surface area (TPSA) is 51.7 Å². The van der Waals surface area contributed by atoms with Crippen LogP contribution >= 0.6 is 0 Å². The van der Waals surface area contributed by atoms with Crippen molar-refractivity contribution in [3.8, 4) is 5.88 Å². The third-order valence-corrected chi connectivity index (χ3v) is 5.67. The van der Waals surface area contributed by atoms with Gasteiger partial charge in [0.25, 0.3) is 0 Å². The molecule has 2 aliphatic heterocycles. The monoisotopic (exact) mass is 352 g/mol. The van der Waals surface area contributed by atoms with E-state index in [1.54, 1.807) is 17.2 Å². The van der Waals surface area contributed by atoms with Crippen LogP contribution in [0.3, 0.4) is 0 Å². The molecule has 5 nitrogen and oxygen atoms in total. The molecule has 1 saturated carbocycles. The summed E-state index contributed by atoms with van der Waals surface area (Å²) in [5.41, 5.74) is -0.280. The van der Waals surface area contributed by atoms with Gasteiger partial charge in [-0.15, -0.1) is 0 Å². The molecule has 2 saturated heterocycles. The lowest BCUT2D eigenvalue weighted by Crippen LogP contribution is -2.57. The Morgan fingerprint density at radius 1 is 1.40 bits per heavy atom. The van der Waals surface area contributed by atoms with Gasteiger partial charge in [0.1, 0.15) is 0 Å². The summed E-state index contributed by atoms with van der Waals surface area (Å²) in [6.07, 6.45) is 2.60. The lowest BCUT2D eigenvalue weighted by Gasteiger charge is -2.45. The van der Waals surface area contributed by atoms with Crippen molar-refractivity contribution in [1.82, 2.24) is 9.88 Å². The number of rotatable bonds is 4. The van der Waals surface area contributed by atoms with Crippen molar-refractivity contribution in [2.75, 3.05) is 26.3 Å². The molecule has 3 fully saturated rings. The van der Waals surface area contributed by atoms with E-state index in [0.29, 0.717) is 32.2 Å². The molecular formula is C18H22F2N2O3. The molecule has 1 aliphatic carbocycles. The molecule has 7 heteroatoms.